The van der Waals surface area contributed by atoms with Gasteiger partial charge in [-0.15, -0.1) is 35.3 Å². The molecule has 0 spiro atoms. The van der Waals surface area contributed by atoms with E-state index in [1.54, 1.807) is 59.4 Å². The predicted molar refractivity (Wildman–Crippen MR) is 285 cm³/mol. The maximum absolute atomic E-state index is 6.79. The van der Waals surface area contributed by atoms with E-state index in [2.05, 4.69) is 165 Å². The molecule has 13 rings (SSSR count). The fraction of sp³-hybridized carbons (Fsp3) is 0.125. The van der Waals surface area contributed by atoms with E-state index in [0.29, 0.717) is 0 Å². The first kappa shape index (κ1) is 39.0. The van der Waals surface area contributed by atoms with Crippen LogP contribution >= 0.6 is 71.1 Å². The van der Waals surface area contributed by atoms with Crippen LogP contribution in [0.5, 0.6) is 23.0 Å². The smallest absolute Gasteiger partial charge is 0.256 e. The molecule has 0 saturated heterocycles. The van der Waals surface area contributed by atoms with Crippen molar-refractivity contribution in [3.8, 4) is 23.0 Å². The van der Waals surface area contributed by atoms with Crippen LogP contribution in [0.25, 0.3) is 0 Å². The zero-order valence-electron chi connectivity index (χ0n) is 35.2. The second kappa shape index (κ2) is 14.6. The van der Waals surface area contributed by atoms with Gasteiger partial charge in [-0.25, -0.2) is 0 Å². The van der Waals surface area contributed by atoms with Gasteiger partial charge in [0.2, 0.25) is 0 Å². The van der Waals surface area contributed by atoms with Crippen LogP contribution in [-0.4, -0.2) is 57.7 Å². The van der Waals surface area contributed by atoms with Crippen molar-refractivity contribution in [2.24, 2.45) is 0 Å². The lowest BCUT2D eigenvalue weighted by Crippen LogP contribution is -2.65. The fourth-order valence-corrected chi connectivity index (χ4v) is 14.5. The first-order chi connectivity index (χ1) is 30.9. The second-order valence-corrected chi connectivity index (χ2v) is 21.2. The summed E-state index contributed by atoms with van der Waals surface area (Å²) in [6.45, 7) is 0.00941. The van der Waals surface area contributed by atoms with Crippen LogP contribution in [0.15, 0.2) is 124 Å². The first-order valence-electron chi connectivity index (χ1n) is 20.8. The number of nitrogens with zero attached hydrogens (tertiary/aromatic N) is 3. The monoisotopic (exact) mass is 926 g/mol. The number of nitrogens with one attached hydrogen (secondary N) is 1. The van der Waals surface area contributed by atoms with E-state index in [-0.39, 0.29) is 20.1 Å². The Morgan fingerprint density at radius 3 is 1.38 bits per heavy atom. The summed E-state index contributed by atoms with van der Waals surface area (Å²) in [7, 11) is 0. The van der Waals surface area contributed by atoms with Crippen LogP contribution in [0.4, 0.5) is 45.5 Å². The molecule has 0 amide bonds. The van der Waals surface area contributed by atoms with Crippen LogP contribution in [-0.2, 0) is 0 Å². The highest BCUT2D eigenvalue weighted by Gasteiger charge is 2.49. The van der Waals surface area contributed by atoms with E-state index >= 15 is 0 Å². The minimum absolute atomic E-state index is 0.0142. The molecule has 0 aromatic heterocycles. The predicted octanol–water partition coefficient (Wildman–Crippen LogP) is 7.86. The largest absolute Gasteiger partial charge is 0.458 e. The van der Waals surface area contributed by atoms with Crippen LogP contribution in [0.2, 0.25) is 0 Å². The summed E-state index contributed by atoms with van der Waals surface area (Å²) in [6.07, 6.45) is 13.1. The minimum atomic E-state index is -0.0225. The van der Waals surface area contributed by atoms with E-state index in [1.807, 2.05) is 11.8 Å². The van der Waals surface area contributed by atoms with Crippen molar-refractivity contribution in [1.29, 1.82) is 0 Å². The average Bonchev–Trinajstić information content (AvgIpc) is 3.32. The molecular weight excluding hydrogens is 889 g/mol. The first-order valence-corrected chi connectivity index (χ1v) is 28.0. The Kier molecular flexibility index (Phi) is 9.03. The number of para-hydroxylation sites is 2. The average molecular weight is 927 g/mol. The van der Waals surface area contributed by atoms with Crippen LogP contribution < -0.4 is 76.9 Å². The van der Waals surface area contributed by atoms with Crippen LogP contribution in [0.3, 0.4) is 0 Å². The van der Waals surface area contributed by atoms with E-state index < -0.39 is 0 Å². The van der Waals surface area contributed by atoms with Gasteiger partial charge in [0, 0.05) is 61.9 Å². The molecule has 6 aliphatic rings. The Labute approximate surface area is 395 Å². The van der Waals surface area contributed by atoms with Gasteiger partial charge in [-0.2, -0.15) is 0 Å². The number of anilines is 8. The lowest BCUT2D eigenvalue weighted by molar-refractivity contribution is 0.486. The van der Waals surface area contributed by atoms with Crippen LogP contribution in [0, 0.1) is 0 Å². The molecule has 0 saturated carbocycles. The second-order valence-electron chi connectivity index (χ2n) is 16.3. The summed E-state index contributed by atoms with van der Waals surface area (Å²) in [5, 5.41) is 3.96. The quantitative estimate of drug-likeness (QED) is 0.100. The third-order valence-corrected chi connectivity index (χ3v) is 17.9. The molecule has 63 heavy (non-hydrogen) atoms. The molecule has 0 bridgehead atoms. The molecular formula is C48H37B3N4O2S6. The van der Waals surface area contributed by atoms with Crippen molar-refractivity contribution in [3.63, 3.8) is 0 Å². The van der Waals surface area contributed by atoms with Crippen LogP contribution in [0.1, 0.15) is 0 Å². The number of hydrogen-bond donors (Lipinski definition) is 1. The molecule has 0 fully saturated rings. The van der Waals surface area contributed by atoms with E-state index in [1.165, 1.54) is 98.0 Å². The Morgan fingerprint density at radius 2 is 0.825 bits per heavy atom. The molecule has 6 heterocycles. The minimum Gasteiger partial charge on any atom is -0.458 e. The molecule has 7 aromatic carbocycles. The number of ether oxygens (including phenoxy) is 2. The summed E-state index contributed by atoms with van der Waals surface area (Å²) < 4.78 is 20.9. The van der Waals surface area contributed by atoms with Gasteiger partial charge in [0.25, 0.3) is 20.1 Å². The maximum Gasteiger partial charge on any atom is 0.256 e. The Balaban J connectivity index is 1.10. The number of rotatable bonds is 6. The summed E-state index contributed by atoms with van der Waals surface area (Å²) in [4.78, 5) is 3.63. The van der Waals surface area contributed by atoms with Gasteiger partial charge in [-0.3, -0.25) is 12.9 Å². The topological polar surface area (TPSA) is 40.2 Å². The Morgan fingerprint density at radius 1 is 0.381 bits per heavy atom. The van der Waals surface area contributed by atoms with Gasteiger partial charge in [0.15, 0.2) is 0 Å². The van der Waals surface area contributed by atoms with Crippen molar-refractivity contribution < 1.29 is 9.47 Å². The lowest BCUT2D eigenvalue weighted by atomic mass is 9.29. The van der Waals surface area contributed by atoms with Gasteiger partial charge in [-0.05, 0) is 164 Å². The standard InChI is InChI=1S/C48H37B3N4O2S6/c1-58-25-15-35-46-44(19-25)56-42-13-9-7-11-28(42)49(46)30-21-31-36(23-34(30)52-35)53(61-4)39-16-26(59-2)17-40-47(39)51(31)33-22-32-37(24-38(33)54(40)62-5)55(63-6)41-18-27(60-3)20-45-48(41)50(32)29-12-8-10-14-43(29)57-45/h7-24,52H,1-6H3. The van der Waals surface area contributed by atoms with E-state index in [0.717, 1.165) is 34.4 Å². The summed E-state index contributed by atoms with van der Waals surface area (Å²) >= 11 is 10.7. The van der Waals surface area contributed by atoms with Crippen molar-refractivity contribution in [3.05, 3.63) is 109 Å². The fourth-order valence-electron chi connectivity index (χ4n) is 11.0. The molecule has 15 heteroatoms. The molecule has 0 radical (unpaired) electrons. The normalized spacial score (nSPS) is 14.8. The SMILES string of the molecule is CSc1cc2c3c(c1)Oc1ccccc1B3c1cc3c(cc1N2)N(SC)c1cc(SC)cc2c1B3c1cc3c(cc1N2SC)N(SC)c1cc(SC)cc2c1B3c1ccccc1O2. The highest BCUT2D eigenvalue weighted by atomic mass is 32.2. The maximum atomic E-state index is 6.79. The molecule has 0 aliphatic carbocycles. The zero-order valence-corrected chi connectivity index (χ0v) is 40.1. The number of hydrogen-bond acceptors (Lipinski definition) is 12. The van der Waals surface area contributed by atoms with Gasteiger partial charge >= 0.3 is 0 Å². The molecule has 6 nitrogen and oxygen atoms in total. The summed E-state index contributed by atoms with van der Waals surface area (Å²) in [5.74, 6) is 3.74. The Bertz CT molecular complexity index is 3170. The molecule has 6 aliphatic heterocycles. The number of fused-ring (bicyclic) bond motifs is 12. The van der Waals surface area contributed by atoms with Gasteiger partial charge in [0.1, 0.15) is 23.0 Å². The zero-order chi connectivity index (χ0) is 42.4. The lowest BCUT2D eigenvalue weighted by Gasteiger charge is -2.45. The molecule has 306 valence electrons. The number of thioether (sulfide) groups is 3. The van der Waals surface area contributed by atoms with E-state index in [9.17, 15) is 0 Å². The molecule has 7 aromatic rings. The van der Waals surface area contributed by atoms with E-state index in [4.69, 9.17) is 9.47 Å². The van der Waals surface area contributed by atoms with Gasteiger partial charge < -0.3 is 14.8 Å². The summed E-state index contributed by atoms with van der Waals surface area (Å²) in [6, 6.07) is 41.3. The molecule has 0 atom stereocenters. The Hall–Kier alpha value is -4.37. The number of benzene rings is 7. The van der Waals surface area contributed by atoms with Crippen molar-refractivity contribution in [2.75, 3.05) is 55.8 Å². The third-order valence-electron chi connectivity index (χ3n) is 13.5. The van der Waals surface area contributed by atoms with Gasteiger partial charge in [-0.1, -0.05) is 48.5 Å². The van der Waals surface area contributed by atoms with Crippen molar-refractivity contribution >= 4 is 186 Å². The third kappa shape index (κ3) is 5.41. The highest BCUT2D eigenvalue weighted by Crippen LogP contribution is 2.48. The van der Waals surface area contributed by atoms with Crippen molar-refractivity contribution in [2.45, 2.75) is 14.7 Å². The summed E-state index contributed by atoms with van der Waals surface area (Å²) in [5.41, 5.74) is 21.1. The molecule has 1 N–H and O–H groups in total. The van der Waals surface area contributed by atoms with Crippen molar-refractivity contribution in [1.82, 2.24) is 0 Å². The highest BCUT2D eigenvalue weighted by molar-refractivity contribution is 8.01. The molecule has 0 unspecified atom stereocenters. The van der Waals surface area contributed by atoms with Gasteiger partial charge in [0.05, 0.1) is 17.1 Å².